The van der Waals surface area contributed by atoms with E-state index in [0.717, 1.165) is 11.8 Å². The number of aromatic nitrogens is 2. The van der Waals surface area contributed by atoms with Gasteiger partial charge in [0.05, 0.1) is 0 Å². The average molecular weight is 261 g/mol. The Kier molecular flexibility index (Phi) is 3.11. The minimum absolute atomic E-state index is 0.271. The first-order chi connectivity index (χ1) is 9.22. The van der Waals surface area contributed by atoms with Crippen molar-refractivity contribution in [3.05, 3.63) is 53.5 Å². The van der Waals surface area contributed by atoms with Crippen LogP contribution in [0, 0.1) is 11.6 Å². The molecule has 1 aromatic carbocycles. The summed E-state index contributed by atoms with van der Waals surface area (Å²) in [4.78, 5) is 8.30. The van der Waals surface area contributed by atoms with E-state index in [2.05, 4.69) is 15.3 Å². The highest BCUT2D eigenvalue weighted by molar-refractivity contribution is 5.38. The van der Waals surface area contributed by atoms with Crippen LogP contribution in [-0.4, -0.2) is 9.97 Å². The number of halogens is 2. The van der Waals surface area contributed by atoms with Gasteiger partial charge in [-0.3, -0.25) is 0 Å². The van der Waals surface area contributed by atoms with E-state index in [9.17, 15) is 8.78 Å². The van der Waals surface area contributed by atoms with E-state index in [0.29, 0.717) is 17.3 Å². The summed E-state index contributed by atoms with van der Waals surface area (Å²) < 4.78 is 26.2. The van der Waals surface area contributed by atoms with Gasteiger partial charge in [0, 0.05) is 35.9 Å². The van der Waals surface area contributed by atoms with Crippen molar-refractivity contribution >= 4 is 5.82 Å². The Morgan fingerprint density at radius 2 is 2.00 bits per heavy atom. The van der Waals surface area contributed by atoms with Crippen molar-refractivity contribution in [2.75, 3.05) is 5.32 Å². The van der Waals surface area contributed by atoms with Crippen molar-refractivity contribution < 1.29 is 8.78 Å². The number of hydrogen-bond acceptors (Lipinski definition) is 3. The summed E-state index contributed by atoms with van der Waals surface area (Å²) in [6.45, 7) is 0.271. The summed E-state index contributed by atoms with van der Waals surface area (Å²) in [5, 5.41) is 3.03. The standard InChI is InChI=1S/C14H13F2N3/c15-11-4-3-10(12(16)5-11)7-17-14-6-13(9-1-2-9)18-8-19-14/h3-6,8-9H,1-2,7H2,(H,17,18,19). The van der Waals surface area contributed by atoms with Crippen LogP contribution in [0.2, 0.25) is 0 Å². The first-order valence-electron chi connectivity index (χ1n) is 6.22. The SMILES string of the molecule is Fc1ccc(CNc2cc(C3CC3)ncn2)c(F)c1. The van der Waals surface area contributed by atoms with Gasteiger partial charge in [-0.1, -0.05) is 6.07 Å². The second kappa shape index (κ2) is 4.91. The quantitative estimate of drug-likeness (QED) is 0.918. The largest absolute Gasteiger partial charge is 0.366 e. The second-order valence-corrected chi connectivity index (χ2v) is 4.69. The first-order valence-corrected chi connectivity index (χ1v) is 6.22. The predicted octanol–water partition coefficient (Wildman–Crippen LogP) is 3.24. The molecule has 3 rings (SSSR count). The molecular weight excluding hydrogens is 248 g/mol. The van der Waals surface area contributed by atoms with E-state index in [1.165, 1.54) is 31.3 Å². The van der Waals surface area contributed by atoms with Crippen LogP contribution in [0.25, 0.3) is 0 Å². The molecule has 1 N–H and O–H groups in total. The van der Waals surface area contributed by atoms with Crippen molar-refractivity contribution in [1.82, 2.24) is 9.97 Å². The molecule has 19 heavy (non-hydrogen) atoms. The van der Waals surface area contributed by atoms with Crippen LogP contribution in [-0.2, 0) is 6.54 Å². The zero-order chi connectivity index (χ0) is 13.2. The van der Waals surface area contributed by atoms with Crippen LogP contribution in [0.5, 0.6) is 0 Å². The van der Waals surface area contributed by atoms with Crippen LogP contribution in [0.15, 0.2) is 30.6 Å². The third kappa shape index (κ3) is 2.86. The molecule has 1 fully saturated rings. The molecular formula is C14H13F2N3. The van der Waals surface area contributed by atoms with Crippen LogP contribution >= 0.6 is 0 Å². The van der Waals surface area contributed by atoms with E-state index >= 15 is 0 Å². The maximum absolute atomic E-state index is 13.5. The molecule has 2 aromatic rings. The van der Waals surface area contributed by atoms with Crippen molar-refractivity contribution in [2.45, 2.75) is 25.3 Å². The first kappa shape index (κ1) is 12.0. The van der Waals surface area contributed by atoms with Crippen molar-refractivity contribution in [2.24, 2.45) is 0 Å². The lowest BCUT2D eigenvalue weighted by Gasteiger charge is -2.07. The lowest BCUT2D eigenvalue weighted by Crippen LogP contribution is -2.04. The molecule has 1 aromatic heterocycles. The summed E-state index contributed by atoms with van der Waals surface area (Å²) in [6.07, 6.45) is 3.85. The van der Waals surface area contributed by atoms with Crippen molar-refractivity contribution in [3.63, 3.8) is 0 Å². The lowest BCUT2D eigenvalue weighted by atomic mass is 10.2. The molecule has 0 aliphatic heterocycles. The molecule has 0 unspecified atom stereocenters. The molecule has 5 heteroatoms. The Bertz CT molecular complexity index is 597. The molecule has 0 amide bonds. The topological polar surface area (TPSA) is 37.8 Å². The highest BCUT2D eigenvalue weighted by Gasteiger charge is 2.25. The van der Waals surface area contributed by atoms with Gasteiger partial charge in [-0.2, -0.15) is 0 Å². The third-order valence-electron chi connectivity index (χ3n) is 3.16. The number of nitrogens with zero attached hydrogens (tertiary/aromatic N) is 2. The Balaban J connectivity index is 1.69. The van der Waals surface area contributed by atoms with E-state index in [1.807, 2.05) is 6.07 Å². The molecule has 0 spiro atoms. The van der Waals surface area contributed by atoms with Gasteiger partial charge in [-0.15, -0.1) is 0 Å². The van der Waals surface area contributed by atoms with E-state index in [-0.39, 0.29) is 6.54 Å². The highest BCUT2D eigenvalue weighted by atomic mass is 19.1. The molecule has 0 radical (unpaired) electrons. The number of hydrogen-bond donors (Lipinski definition) is 1. The zero-order valence-electron chi connectivity index (χ0n) is 10.2. The number of benzene rings is 1. The van der Waals surface area contributed by atoms with E-state index in [4.69, 9.17) is 0 Å². The van der Waals surface area contributed by atoms with Gasteiger partial charge in [-0.05, 0) is 18.9 Å². The molecule has 1 aliphatic rings. The molecule has 0 saturated heterocycles. The fourth-order valence-corrected chi connectivity index (χ4v) is 1.92. The van der Waals surface area contributed by atoms with E-state index in [1.54, 1.807) is 0 Å². The van der Waals surface area contributed by atoms with Crippen LogP contribution < -0.4 is 5.32 Å². The number of nitrogens with one attached hydrogen (secondary N) is 1. The predicted molar refractivity (Wildman–Crippen MR) is 67.7 cm³/mol. The van der Waals surface area contributed by atoms with Gasteiger partial charge in [0.15, 0.2) is 0 Å². The summed E-state index contributed by atoms with van der Waals surface area (Å²) >= 11 is 0. The van der Waals surface area contributed by atoms with Gasteiger partial charge >= 0.3 is 0 Å². The van der Waals surface area contributed by atoms with Crippen LogP contribution in [0.4, 0.5) is 14.6 Å². The summed E-state index contributed by atoms with van der Waals surface area (Å²) in [7, 11) is 0. The zero-order valence-corrected chi connectivity index (χ0v) is 10.2. The Morgan fingerprint density at radius 1 is 1.16 bits per heavy atom. The van der Waals surface area contributed by atoms with Crippen molar-refractivity contribution in [3.8, 4) is 0 Å². The van der Waals surface area contributed by atoms with Crippen molar-refractivity contribution in [1.29, 1.82) is 0 Å². The fraction of sp³-hybridized carbons (Fsp3) is 0.286. The molecule has 0 atom stereocenters. The Hall–Kier alpha value is -2.04. The highest BCUT2D eigenvalue weighted by Crippen LogP contribution is 2.39. The second-order valence-electron chi connectivity index (χ2n) is 4.69. The van der Waals surface area contributed by atoms with Gasteiger partial charge < -0.3 is 5.32 Å². The van der Waals surface area contributed by atoms with Gasteiger partial charge in [-0.25, -0.2) is 18.7 Å². The van der Waals surface area contributed by atoms with Crippen LogP contribution in [0.3, 0.4) is 0 Å². The molecule has 0 bridgehead atoms. The smallest absolute Gasteiger partial charge is 0.131 e. The van der Waals surface area contributed by atoms with Gasteiger partial charge in [0.2, 0.25) is 0 Å². The van der Waals surface area contributed by atoms with Crippen LogP contribution in [0.1, 0.15) is 30.0 Å². The maximum Gasteiger partial charge on any atom is 0.131 e. The molecule has 98 valence electrons. The monoisotopic (exact) mass is 261 g/mol. The molecule has 1 aliphatic carbocycles. The maximum atomic E-state index is 13.5. The normalized spacial score (nSPS) is 14.4. The van der Waals surface area contributed by atoms with E-state index < -0.39 is 11.6 Å². The fourth-order valence-electron chi connectivity index (χ4n) is 1.92. The Labute approximate surface area is 109 Å². The van der Waals surface area contributed by atoms with Gasteiger partial charge in [0.1, 0.15) is 23.8 Å². The summed E-state index contributed by atoms with van der Waals surface area (Å²) in [5.41, 5.74) is 1.44. The minimum atomic E-state index is -0.570. The van der Waals surface area contributed by atoms with Gasteiger partial charge in [0.25, 0.3) is 0 Å². The molecule has 1 heterocycles. The molecule has 1 saturated carbocycles. The minimum Gasteiger partial charge on any atom is -0.366 e. The third-order valence-corrected chi connectivity index (χ3v) is 3.16. The summed E-state index contributed by atoms with van der Waals surface area (Å²) in [5.74, 6) is 0.0926. The molecule has 3 nitrogen and oxygen atoms in total. The summed E-state index contributed by atoms with van der Waals surface area (Å²) in [6, 6.07) is 5.45. The Morgan fingerprint density at radius 3 is 2.74 bits per heavy atom. The average Bonchev–Trinajstić information content (AvgIpc) is 3.22. The lowest BCUT2D eigenvalue weighted by molar-refractivity contribution is 0.574. The number of rotatable bonds is 4. The number of anilines is 1.